The fourth-order valence-electron chi connectivity index (χ4n) is 5.21. The molecule has 1 aromatic heterocycles. The average molecular weight is 427 g/mol. The Morgan fingerprint density at radius 3 is 2.65 bits per heavy atom. The number of pyridine rings is 1. The predicted molar refractivity (Wildman–Crippen MR) is 121 cm³/mol. The van der Waals surface area contributed by atoms with Gasteiger partial charge in [0.15, 0.2) is 0 Å². The van der Waals surface area contributed by atoms with Gasteiger partial charge in [-0.15, -0.1) is 0 Å². The number of carbonyl (C=O) groups excluding carboxylic acids is 2. The van der Waals surface area contributed by atoms with Crippen molar-refractivity contribution in [3.8, 4) is 0 Å². The van der Waals surface area contributed by atoms with E-state index in [2.05, 4.69) is 37.4 Å². The van der Waals surface area contributed by atoms with Crippen molar-refractivity contribution in [1.82, 2.24) is 25.4 Å². The fraction of sp³-hybridized carbons (Fsp3) is 0.609. The quantitative estimate of drug-likeness (QED) is 0.741. The van der Waals surface area contributed by atoms with E-state index in [1.807, 2.05) is 19.2 Å². The van der Waals surface area contributed by atoms with E-state index < -0.39 is 0 Å². The summed E-state index contributed by atoms with van der Waals surface area (Å²) in [4.78, 5) is 35.4. The Kier molecular flexibility index (Phi) is 6.46. The molecule has 1 saturated heterocycles. The number of hydrogen-bond acceptors (Lipinski definition) is 6. The summed E-state index contributed by atoms with van der Waals surface area (Å²) < 4.78 is 0. The molecule has 2 unspecified atom stereocenters. The van der Waals surface area contributed by atoms with Crippen LogP contribution in [0.3, 0.4) is 0 Å². The normalized spacial score (nSPS) is 27.1. The molecule has 168 valence electrons. The summed E-state index contributed by atoms with van der Waals surface area (Å²) in [5.41, 5.74) is 2.38. The van der Waals surface area contributed by atoms with Gasteiger partial charge < -0.3 is 20.4 Å². The molecule has 3 heterocycles. The van der Waals surface area contributed by atoms with Crippen molar-refractivity contribution < 1.29 is 9.59 Å². The standard InChI is InChI=1S/C23H34N6O2/c1-4-16-15-27(3)21(26-22(16)30)17-5-6-18(13-17)28-9-11-29(12-10-28)19-7-8-20(25-14-19)23(31)24-2/h7-8,14-15,17-18,21H,4-6,9-13H2,1-3H3,(H,24,31)(H,26,30)/t17?,18-,21?/m0/s1. The second-order valence-electron chi connectivity index (χ2n) is 8.82. The number of rotatable bonds is 5. The molecule has 0 spiro atoms. The highest BCUT2D eigenvalue weighted by molar-refractivity contribution is 5.94. The average Bonchev–Trinajstić information content (AvgIpc) is 3.30. The Morgan fingerprint density at radius 1 is 1.23 bits per heavy atom. The first-order valence-electron chi connectivity index (χ1n) is 11.4. The minimum Gasteiger partial charge on any atom is -0.368 e. The third-order valence-electron chi connectivity index (χ3n) is 7.05. The summed E-state index contributed by atoms with van der Waals surface area (Å²) >= 11 is 0. The van der Waals surface area contributed by atoms with Gasteiger partial charge in [-0.2, -0.15) is 0 Å². The highest BCUT2D eigenvalue weighted by atomic mass is 16.2. The topological polar surface area (TPSA) is 80.8 Å². The highest BCUT2D eigenvalue weighted by Crippen LogP contribution is 2.34. The molecule has 31 heavy (non-hydrogen) atoms. The van der Waals surface area contributed by atoms with Crippen LogP contribution >= 0.6 is 0 Å². The smallest absolute Gasteiger partial charge is 0.269 e. The molecular formula is C23H34N6O2. The lowest BCUT2D eigenvalue weighted by atomic mass is 10.00. The zero-order valence-electron chi connectivity index (χ0n) is 18.8. The number of aromatic nitrogens is 1. The number of carbonyl (C=O) groups is 2. The number of amides is 2. The minimum absolute atomic E-state index is 0.0960. The van der Waals surface area contributed by atoms with Crippen LogP contribution in [-0.2, 0) is 4.79 Å². The van der Waals surface area contributed by atoms with Crippen LogP contribution in [0.2, 0.25) is 0 Å². The maximum absolute atomic E-state index is 12.3. The largest absolute Gasteiger partial charge is 0.368 e. The minimum atomic E-state index is -0.159. The van der Waals surface area contributed by atoms with Gasteiger partial charge in [0.05, 0.1) is 11.9 Å². The molecule has 1 aliphatic carbocycles. The molecule has 3 atom stereocenters. The van der Waals surface area contributed by atoms with Gasteiger partial charge in [0.1, 0.15) is 11.9 Å². The fourth-order valence-corrected chi connectivity index (χ4v) is 5.21. The highest BCUT2D eigenvalue weighted by Gasteiger charge is 2.38. The molecule has 0 radical (unpaired) electrons. The molecule has 2 amide bonds. The van der Waals surface area contributed by atoms with Crippen LogP contribution in [0.4, 0.5) is 5.69 Å². The van der Waals surface area contributed by atoms with Crippen LogP contribution in [0, 0.1) is 5.92 Å². The second-order valence-corrected chi connectivity index (χ2v) is 8.82. The number of piperazine rings is 1. The lowest BCUT2D eigenvalue weighted by Gasteiger charge is -2.40. The number of anilines is 1. The summed E-state index contributed by atoms with van der Waals surface area (Å²) in [6.45, 7) is 6.01. The first kappa shape index (κ1) is 21.6. The molecule has 1 aromatic rings. The van der Waals surface area contributed by atoms with Gasteiger partial charge in [-0.3, -0.25) is 14.5 Å². The van der Waals surface area contributed by atoms with E-state index in [4.69, 9.17) is 0 Å². The van der Waals surface area contributed by atoms with E-state index in [9.17, 15) is 9.59 Å². The maximum Gasteiger partial charge on any atom is 0.269 e. The predicted octanol–water partition coefficient (Wildman–Crippen LogP) is 1.41. The van der Waals surface area contributed by atoms with E-state index in [1.54, 1.807) is 19.3 Å². The van der Waals surface area contributed by atoms with Gasteiger partial charge in [-0.05, 0) is 43.7 Å². The van der Waals surface area contributed by atoms with Gasteiger partial charge in [0, 0.05) is 58.1 Å². The molecule has 3 aliphatic rings. The number of hydrogen-bond donors (Lipinski definition) is 2. The molecule has 1 saturated carbocycles. The van der Waals surface area contributed by atoms with Crippen molar-refractivity contribution in [3.05, 3.63) is 35.8 Å². The first-order valence-corrected chi connectivity index (χ1v) is 11.4. The zero-order chi connectivity index (χ0) is 22.0. The monoisotopic (exact) mass is 426 g/mol. The Balaban J connectivity index is 1.30. The molecule has 8 nitrogen and oxygen atoms in total. The van der Waals surface area contributed by atoms with Crippen LogP contribution in [0.25, 0.3) is 0 Å². The lowest BCUT2D eigenvalue weighted by Crippen LogP contribution is -2.53. The van der Waals surface area contributed by atoms with Gasteiger partial charge in [0.25, 0.3) is 5.91 Å². The third kappa shape index (κ3) is 4.54. The van der Waals surface area contributed by atoms with Crippen LogP contribution < -0.4 is 15.5 Å². The Labute approximate surface area is 184 Å². The van der Waals surface area contributed by atoms with Gasteiger partial charge in [-0.1, -0.05) is 6.92 Å². The molecule has 0 bridgehead atoms. The van der Waals surface area contributed by atoms with Crippen LogP contribution in [0.15, 0.2) is 30.1 Å². The van der Waals surface area contributed by atoms with E-state index in [0.717, 1.165) is 56.7 Å². The SMILES string of the molecule is CCC1=CN(C)C(C2CC[C@H](N3CCN(c4ccc(C(=O)NC)nc4)CC3)C2)NC1=O. The summed E-state index contributed by atoms with van der Waals surface area (Å²) in [6.07, 6.45) is 8.18. The van der Waals surface area contributed by atoms with E-state index >= 15 is 0 Å². The van der Waals surface area contributed by atoms with Gasteiger partial charge in [-0.25, -0.2) is 4.98 Å². The van der Waals surface area contributed by atoms with E-state index in [1.165, 1.54) is 6.42 Å². The summed E-state index contributed by atoms with van der Waals surface area (Å²) in [6, 6.07) is 4.36. The van der Waals surface area contributed by atoms with Gasteiger partial charge in [0.2, 0.25) is 5.91 Å². The van der Waals surface area contributed by atoms with Crippen LogP contribution in [-0.4, -0.2) is 79.1 Å². The Bertz CT molecular complexity index is 831. The van der Waals surface area contributed by atoms with Gasteiger partial charge >= 0.3 is 0 Å². The molecule has 2 fully saturated rings. The summed E-state index contributed by atoms with van der Waals surface area (Å²) in [5.74, 6) is 0.431. The molecule has 0 aromatic carbocycles. The summed E-state index contributed by atoms with van der Waals surface area (Å²) in [7, 11) is 3.69. The van der Waals surface area contributed by atoms with Crippen molar-refractivity contribution >= 4 is 17.5 Å². The Morgan fingerprint density at radius 2 is 2.00 bits per heavy atom. The maximum atomic E-state index is 12.3. The van der Waals surface area contributed by atoms with Crippen LogP contribution in [0.1, 0.15) is 43.1 Å². The number of nitrogens with zero attached hydrogens (tertiary/aromatic N) is 4. The second kappa shape index (κ2) is 9.26. The molecule has 8 heteroatoms. The van der Waals surface area contributed by atoms with Crippen molar-refractivity contribution in [2.45, 2.75) is 44.8 Å². The number of nitrogens with one attached hydrogen (secondary N) is 2. The Hall–Kier alpha value is -2.61. The molecule has 4 rings (SSSR count). The van der Waals surface area contributed by atoms with Crippen molar-refractivity contribution in [2.24, 2.45) is 5.92 Å². The van der Waals surface area contributed by atoms with Crippen molar-refractivity contribution in [1.29, 1.82) is 0 Å². The van der Waals surface area contributed by atoms with E-state index in [0.29, 0.717) is 17.7 Å². The zero-order valence-corrected chi connectivity index (χ0v) is 18.8. The van der Waals surface area contributed by atoms with Crippen molar-refractivity contribution in [2.75, 3.05) is 45.2 Å². The first-order chi connectivity index (χ1) is 15.0. The lowest BCUT2D eigenvalue weighted by molar-refractivity contribution is -0.120. The molecule has 2 aliphatic heterocycles. The van der Waals surface area contributed by atoms with Crippen molar-refractivity contribution in [3.63, 3.8) is 0 Å². The third-order valence-corrected chi connectivity index (χ3v) is 7.05. The molecular weight excluding hydrogens is 392 g/mol. The molecule has 2 N–H and O–H groups in total. The summed E-state index contributed by atoms with van der Waals surface area (Å²) in [5, 5.41) is 5.84. The van der Waals surface area contributed by atoms with Crippen LogP contribution in [0.5, 0.6) is 0 Å². The van der Waals surface area contributed by atoms with E-state index in [-0.39, 0.29) is 18.0 Å².